The molecule has 0 aliphatic carbocycles. The van der Waals surface area contributed by atoms with E-state index in [0.717, 1.165) is 24.0 Å². The van der Waals surface area contributed by atoms with E-state index in [-0.39, 0.29) is 34.5 Å². The molecule has 0 saturated carbocycles. The number of carbonyl (C=O) groups excluding carboxylic acids is 1. The van der Waals surface area contributed by atoms with Gasteiger partial charge in [0.15, 0.2) is 5.03 Å². The van der Waals surface area contributed by atoms with Crippen molar-refractivity contribution in [1.82, 2.24) is 9.88 Å². The third-order valence-electron chi connectivity index (χ3n) is 6.20. The van der Waals surface area contributed by atoms with Crippen LogP contribution < -0.4 is 5.32 Å². The highest BCUT2D eigenvalue weighted by Gasteiger charge is 2.29. The maximum Gasteiger partial charge on any atom is 0.312 e. The van der Waals surface area contributed by atoms with Gasteiger partial charge in [-0.1, -0.05) is 29.8 Å². The molecule has 1 aromatic heterocycles. The maximum absolute atomic E-state index is 13.5. The van der Waals surface area contributed by atoms with Crippen molar-refractivity contribution in [1.29, 1.82) is 0 Å². The minimum Gasteiger partial charge on any atom is -0.355 e. The Morgan fingerprint density at radius 1 is 1.06 bits per heavy atom. The lowest BCUT2D eigenvalue weighted by molar-refractivity contribution is 0.0713. The van der Waals surface area contributed by atoms with Gasteiger partial charge in [0, 0.05) is 30.5 Å². The molecule has 9 heteroatoms. The van der Waals surface area contributed by atoms with Gasteiger partial charge in [0.2, 0.25) is 0 Å². The molecule has 0 atom stereocenters. The minimum atomic E-state index is -4.57. The fourth-order valence-corrected chi connectivity index (χ4v) is 4.95. The zero-order chi connectivity index (χ0) is 24.5. The van der Waals surface area contributed by atoms with Crippen LogP contribution >= 0.6 is 0 Å². The third kappa shape index (κ3) is 5.10. The minimum absolute atomic E-state index is 0.162. The van der Waals surface area contributed by atoms with Crippen molar-refractivity contribution in [3.8, 4) is 0 Å². The van der Waals surface area contributed by atoms with Crippen molar-refractivity contribution < 1.29 is 22.2 Å². The van der Waals surface area contributed by atoms with Gasteiger partial charge in [0.1, 0.15) is 5.82 Å². The first-order valence-electron chi connectivity index (χ1n) is 11.0. The summed E-state index contributed by atoms with van der Waals surface area (Å²) >= 11 is 0. The van der Waals surface area contributed by atoms with Gasteiger partial charge in [-0.05, 0) is 62.4 Å². The molecule has 7 nitrogen and oxygen atoms in total. The quantitative estimate of drug-likeness (QED) is 0.504. The van der Waals surface area contributed by atoms with Crippen molar-refractivity contribution in [3.63, 3.8) is 0 Å². The summed E-state index contributed by atoms with van der Waals surface area (Å²) in [5.74, 6) is -0.317. The summed E-state index contributed by atoms with van der Waals surface area (Å²) in [6, 6.07) is 13.9. The molecule has 0 bridgehead atoms. The number of benzene rings is 2. The van der Waals surface area contributed by atoms with Crippen LogP contribution in [0.15, 0.2) is 59.8 Å². The Balaban J connectivity index is 1.61. The first-order valence-corrected chi connectivity index (χ1v) is 12.4. The van der Waals surface area contributed by atoms with Gasteiger partial charge in [0.05, 0.1) is 11.3 Å². The average Bonchev–Trinajstić information content (AvgIpc) is 2.81. The summed E-state index contributed by atoms with van der Waals surface area (Å²) in [6.07, 6.45) is 2.66. The Kier molecular flexibility index (Phi) is 6.67. The zero-order valence-electron chi connectivity index (χ0n) is 19.0. The summed E-state index contributed by atoms with van der Waals surface area (Å²) in [5, 5.41) is 2.65. The molecular weight excluding hydrogens is 457 g/mol. The molecular formula is C25H26FN3O4S. The Hall–Kier alpha value is -3.30. The molecule has 4 rings (SSSR count). The highest BCUT2D eigenvalue weighted by atomic mass is 32.2. The van der Waals surface area contributed by atoms with E-state index in [9.17, 15) is 22.2 Å². The number of anilines is 2. The Bertz CT molecular complexity index is 1300. The van der Waals surface area contributed by atoms with Crippen molar-refractivity contribution in [2.45, 2.75) is 37.6 Å². The predicted molar refractivity (Wildman–Crippen MR) is 128 cm³/mol. The number of amides is 1. The first-order chi connectivity index (χ1) is 16.1. The van der Waals surface area contributed by atoms with Crippen molar-refractivity contribution in [2.75, 3.05) is 18.4 Å². The summed E-state index contributed by atoms with van der Waals surface area (Å²) in [4.78, 5) is 19.1. The van der Waals surface area contributed by atoms with Crippen LogP contribution in [0, 0.1) is 19.7 Å². The molecule has 3 aromatic rings. The van der Waals surface area contributed by atoms with E-state index < -0.39 is 15.1 Å². The number of aryl methyl sites for hydroxylation is 1. The van der Waals surface area contributed by atoms with Gasteiger partial charge in [-0.25, -0.2) is 9.37 Å². The number of nitrogens with zero attached hydrogens (tertiary/aromatic N) is 2. The van der Waals surface area contributed by atoms with E-state index in [1.54, 1.807) is 17.0 Å². The van der Waals surface area contributed by atoms with Gasteiger partial charge >= 0.3 is 10.1 Å². The van der Waals surface area contributed by atoms with Crippen LogP contribution in [0.1, 0.15) is 45.8 Å². The number of hydrogen-bond acceptors (Lipinski definition) is 5. The number of rotatable bonds is 5. The number of halogens is 1. The van der Waals surface area contributed by atoms with Crippen molar-refractivity contribution >= 4 is 27.4 Å². The van der Waals surface area contributed by atoms with E-state index in [0.29, 0.717) is 18.8 Å². The largest absolute Gasteiger partial charge is 0.355 e. The highest BCUT2D eigenvalue weighted by molar-refractivity contribution is 7.85. The van der Waals surface area contributed by atoms with E-state index in [4.69, 9.17) is 0 Å². The fourth-order valence-electron chi connectivity index (χ4n) is 4.28. The zero-order valence-corrected chi connectivity index (χ0v) is 19.8. The molecule has 0 unspecified atom stereocenters. The Morgan fingerprint density at radius 2 is 1.68 bits per heavy atom. The molecule has 178 valence electrons. The predicted octanol–water partition coefficient (Wildman–Crippen LogP) is 4.85. The number of likely N-dealkylation sites (tertiary alicyclic amines) is 1. The Labute approximate surface area is 198 Å². The molecule has 2 heterocycles. The number of carbonyl (C=O) groups is 1. The number of aromatic nitrogens is 1. The van der Waals surface area contributed by atoms with Crippen molar-refractivity contribution in [2.24, 2.45) is 0 Å². The molecule has 1 fully saturated rings. The van der Waals surface area contributed by atoms with E-state index >= 15 is 0 Å². The van der Waals surface area contributed by atoms with Gasteiger partial charge in [-0.3, -0.25) is 9.35 Å². The van der Waals surface area contributed by atoms with E-state index in [1.807, 2.05) is 31.2 Å². The van der Waals surface area contributed by atoms with Gasteiger partial charge in [0.25, 0.3) is 5.91 Å². The number of piperidine rings is 1. The van der Waals surface area contributed by atoms with Gasteiger partial charge < -0.3 is 10.2 Å². The summed E-state index contributed by atoms with van der Waals surface area (Å²) in [7, 11) is -4.57. The second-order valence-corrected chi connectivity index (χ2v) is 9.90. The third-order valence-corrected chi connectivity index (χ3v) is 7.10. The van der Waals surface area contributed by atoms with Crippen LogP contribution in [0.2, 0.25) is 0 Å². The smallest absolute Gasteiger partial charge is 0.312 e. The second-order valence-electron chi connectivity index (χ2n) is 8.56. The average molecular weight is 484 g/mol. The van der Waals surface area contributed by atoms with Crippen LogP contribution in [0.25, 0.3) is 0 Å². The number of nitrogens with one attached hydrogen (secondary N) is 1. The SMILES string of the molecule is Cc1ccc(Nc2c(C(=O)N3CCC(c4ccc(F)cc4)CC3)cnc(S(=O)(=O)O)c2C)cc1. The lowest BCUT2D eigenvalue weighted by Gasteiger charge is -2.33. The molecule has 1 aliphatic rings. The fraction of sp³-hybridized carbons (Fsp3) is 0.280. The molecule has 34 heavy (non-hydrogen) atoms. The molecule has 2 N–H and O–H groups in total. The molecule has 1 amide bonds. The van der Waals surface area contributed by atoms with Gasteiger partial charge in [-0.15, -0.1) is 0 Å². The first kappa shape index (κ1) is 23.8. The summed E-state index contributed by atoms with van der Waals surface area (Å²) in [5.41, 5.74) is 3.45. The molecule has 0 spiro atoms. The van der Waals surface area contributed by atoms with Crippen LogP contribution in [0.3, 0.4) is 0 Å². The monoisotopic (exact) mass is 483 g/mol. The lowest BCUT2D eigenvalue weighted by atomic mass is 9.89. The molecule has 0 radical (unpaired) electrons. The standard InChI is InChI=1S/C25H26FN3O4S/c1-16-3-9-21(10-4-16)28-23-17(2)24(34(31,32)33)27-15-22(23)25(30)29-13-11-19(12-14-29)18-5-7-20(26)8-6-18/h3-10,15,19H,11-14H2,1-2H3,(H,27,28)(H,31,32,33). The highest BCUT2D eigenvalue weighted by Crippen LogP contribution is 2.32. The van der Waals surface area contributed by atoms with Crippen LogP contribution in [0.5, 0.6) is 0 Å². The lowest BCUT2D eigenvalue weighted by Crippen LogP contribution is -2.38. The normalized spacial score (nSPS) is 14.8. The van der Waals surface area contributed by atoms with Crippen LogP contribution in [0.4, 0.5) is 15.8 Å². The van der Waals surface area contributed by atoms with Gasteiger partial charge in [-0.2, -0.15) is 8.42 Å². The van der Waals surface area contributed by atoms with E-state index in [1.165, 1.54) is 25.3 Å². The Morgan fingerprint density at radius 3 is 2.26 bits per heavy atom. The number of hydrogen-bond donors (Lipinski definition) is 2. The number of pyridine rings is 1. The molecule has 2 aromatic carbocycles. The topological polar surface area (TPSA) is 99.6 Å². The van der Waals surface area contributed by atoms with Crippen LogP contribution in [-0.4, -0.2) is 41.9 Å². The summed E-state index contributed by atoms with van der Waals surface area (Å²) in [6.45, 7) is 4.46. The van der Waals surface area contributed by atoms with Crippen molar-refractivity contribution in [3.05, 3.63) is 82.8 Å². The van der Waals surface area contributed by atoms with Crippen LogP contribution in [-0.2, 0) is 10.1 Å². The van der Waals surface area contributed by atoms with E-state index in [2.05, 4.69) is 10.3 Å². The molecule has 1 aliphatic heterocycles. The molecule has 1 saturated heterocycles. The maximum atomic E-state index is 13.5. The summed E-state index contributed by atoms with van der Waals surface area (Å²) < 4.78 is 46.5. The second kappa shape index (κ2) is 9.52.